The smallest absolute Gasteiger partial charge is 0.306 e. The molecule has 0 fully saturated rings. The highest BCUT2D eigenvalue weighted by molar-refractivity contribution is 5.69. The first-order chi connectivity index (χ1) is 34.5. The van der Waals surface area contributed by atoms with Crippen molar-refractivity contribution < 1.29 is 23.7 Å². The lowest BCUT2D eigenvalue weighted by Gasteiger charge is -2.19. The van der Waals surface area contributed by atoms with Crippen molar-refractivity contribution in [1.29, 1.82) is 0 Å². The van der Waals surface area contributed by atoms with Crippen molar-refractivity contribution in [2.24, 2.45) is 0 Å². The summed E-state index contributed by atoms with van der Waals surface area (Å²) in [5.74, 6) is -0.00544. The van der Waals surface area contributed by atoms with Crippen molar-refractivity contribution in [3.8, 4) is 0 Å². The Balaban J connectivity index is 4.65. The van der Waals surface area contributed by atoms with Gasteiger partial charge in [0, 0.05) is 6.42 Å². The summed E-state index contributed by atoms with van der Waals surface area (Å²) in [6.45, 7) is 12.1. The predicted molar refractivity (Wildman–Crippen MR) is 307 cm³/mol. The average Bonchev–Trinajstić information content (AvgIpc) is 3.35. The van der Waals surface area contributed by atoms with Crippen LogP contribution >= 0.6 is 0 Å². The van der Waals surface area contributed by atoms with Gasteiger partial charge in [0.15, 0.2) is 6.29 Å². The molecular formula is C64H121NO5. The predicted octanol–water partition coefficient (Wildman–Crippen LogP) is 19.9. The van der Waals surface area contributed by atoms with E-state index >= 15 is 0 Å². The Morgan fingerprint density at radius 3 is 1.11 bits per heavy atom. The summed E-state index contributed by atoms with van der Waals surface area (Å²) >= 11 is 0. The molecule has 0 aliphatic rings. The number of rotatable bonds is 57. The largest absolute Gasteiger partial charge is 0.462 e. The molecule has 0 saturated heterocycles. The van der Waals surface area contributed by atoms with Gasteiger partial charge in [-0.2, -0.15) is 0 Å². The summed E-state index contributed by atoms with van der Waals surface area (Å²) in [5.41, 5.74) is 0. The highest BCUT2D eigenvalue weighted by atomic mass is 16.7. The Kier molecular flexibility index (Phi) is 56.7. The topological polar surface area (TPSA) is 57.2 Å². The molecule has 6 nitrogen and oxygen atoms in total. The first kappa shape index (κ1) is 68.3. The van der Waals surface area contributed by atoms with Crippen molar-refractivity contribution in [3.05, 3.63) is 48.6 Å². The summed E-state index contributed by atoms with van der Waals surface area (Å²) in [4.78, 5) is 15.0. The molecule has 0 radical (unpaired) electrons. The Hall–Kier alpha value is -1.73. The highest BCUT2D eigenvalue weighted by Crippen LogP contribution is 2.20. The first-order valence-corrected chi connectivity index (χ1v) is 30.8. The molecule has 0 aliphatic heterocycles. The Morgan fingerprint density at radius 2 is 0.700 bits per heavy atom. The second kappa shape index (κ2) is 58.2. The number of carbonyl (C=O) groups is 1. The van der Waals surface area contributed by atoms with Crippen LogP contribution in [0.3, 0.4) is 0 Å². The maximum absolute atomic E-state index is 12.8. The van der Waals surface area contributed by atoms with Crippen molar-refractivity contribution in [2.75, 3.05) is 40.5 Å². The number of esters is 1. The van der Waals surface area contributed by atoms with E-state index in [-0.39, 0.29) is 18.4 Å². The molecule has 2 unspecified atom stereocenters. The summed E-state index contributed by atoms with van der Waals surface area (Å²) in [7, 11) is 4.14. The Morgan fingerprint density at radius 1 is 0.357 bits per heavy atom. The lowest BCUT2D eigenvalue weighted by Crippen LogP contribution is -2.20. The van der Waals surface area contributed by atoms with Crippen molar-refractivity contribution in [3.63, 3.8) is 0 Å². The molecule has 70 heavy (non-hydrogen) atoms. The van der Waals surface area contributed by atoms with Crippen LogP contribution in [-0.2, 0) is 23.7 Å². The third kappa shape index (κ3) is 54.1. The zero-order valence-electron chi connectivity index (χ0n) is 47.9. The van der Waals surface area contributed by atoms with E-state index in [1.54, 1.807) is 0 Å². The van der Waals surface area contributed by atoms with Gasteiger partial charge >= 0.3 is 5.97 Å². The normalized spacial score (nSPS) is 13.2. The number of nitrogens with zero attached hydrogens (tertiary/aromatic N) is 1. The van der Waals surface area contributed by atoms with Crippen LogP contribution in [0.2, 0.25) is 0 Å². The number of allylic oxidation sites excluding steroid dienone is 5. The second-order valence-corrected chi connectivity index (χ2v) is 21.0. The molecule has 0 amide bonds. The molecule has 2 atom stereocenters. The molecule has 412 valence electrons. The molecule has 0 spiro atoms. The van der Waals surface area contributed by atoms with E-state index in [1.807, 2.05) is 0 Å². The van der Waals surface area contributed by atoms with Gasteiger partial charge in [0.25, 0.3) is 0 Å². The summed E-state index contributed by atoms with van der Waals surface area (Å²) < 4.78 is 24.9. The maximum Gasteiger partial charge on any atom is 0.306 e. The van der Waals surface area contributed by atoms with Crippen LogP contribution in [0.1, 0.15) is 297 Å². The van der Waals surface area contributed by atoms with Crippen LogP contribution in [0.5, 0.6) is 0 Å². The van der Waals surface area contributed by atoms with E-state index in [2.05, 4.69) is 95.3 Å². The molecule has 0 aromatic carbocycles. The molecule has 0 rings (SSSR count). The fourth-order valence-corrected chi connectivity index (χ4v) is 9.12. The van der Waals surface area contributed by atoms with E-state index in [1.165, 1.54) is 193 Å². The third-order valence-corrected chi connectivity index (χ3v) is 13.7. The van der Waals surface area contributed by atoms with Crippen molar-refractivity contribution in [2.45, 2.75) is 316 Å². The fraction of sp³-hybridized carbons (Fsp3) is 0.859. The molecule has 0 aromatic heterocycles. The van der Waals surface area contributed by atoms with Gasteiger partial charge in [0.2, 0.25) is 0 Å². The third-order valence-electron chi connectivity index (χ3n) is 13.7. The zero-order valence-corrected chi connectivity index (χ0v) is 47.9. The minimum atomic E-state index is -0.129. The summed E-state index contributed by atoms with van der Waals surface area (Å²) in [6.07, 6.45) is 69.5. The molecule has 0 N–H and O–H groups in total. The number of hydrogen-bond acceptors (Lipinski definition) is 6. The molecule has 0 saturated carbocycles. The van der Waals surface area contributed by atoms with Crippen molar-refractivity contribution >= 4 is 5.97 Å². The van der Waals surface area contributed by atoms with Crippen molar-refractivity contribution in [1.82, 2.24) is 4.90 Å². The molecule has 0 aromatic rings. The van der Waals surface area contributed by atoms with Gasteiger partial charge in [0.1, 0.15) is 6.10 Å². The number of carbonyl (C=O) groups excluding carboxylic acids is 1. The lowest BCUT2D eigenvalue weighted by atomic mass is 10.0. The molecule has 0 bridgehead atoms. The second-order valence-electron chi connectivity index (χ2n) is 21.0. The Labute approximate surface area is 437 Å². The van der Waals surface area contributed by atoms with Gasteiger partial charge in [-0.15, -0.1) is 0 Å². The lowest BCUT2D eigenvalue weighted by molar-refractivity contribution is -0.150. The minimum absolute atomic E-state index is 0.00544. The summed E-state index contributed by atoms with van der Waals surface area (Å²) in [6, 6.07) is 0. The number of ether oxygens (including phenoxy) is 4. The van der Waals surface area contributed by atoms with Gasteiger partial charge in [0.05, 0.1) is 25.9 Å². The van der Waals surface area contributed by atoms with Crippen LogP contribution in [-0.4, -0.2) is 69.8 Å². The quantitative estimate of drug-likeness (QED) is 0.0262. The van der Waals surface area contributed by atoms with Crippen LogP contribution in [0, 0.1) is 0 Å². The Bertz CT molecular complexity index is 1020. The van der Waals surface area contributed by atoms with Gasteiger partial charge < -0.3 is 23.8 Å². The average molecular weight is 985 g/mol. The van der Waals surface area contributed by atoms with Crippen LogP contribution in [0.25, 0.3) is 0 Å². The molecular weight excluding hydrogens is 863 g/mol. The monoisotopic (exact) mass is 984 g/mol. The van der Waals surface area contributed by atoms with Gasteiger partial charge in [-0.05, 0) is 136 Å². The highest BCUT2D eigenvalue weighted by Gasteiger charge is 2.15. The van der Waals surface area contributed by atoms with Crippen LogP contribution in [0.4, 0.5) is 0 Å². The summed E-state index contributed by atoms with van der Waals surface area (Å²) in [5, 5.41) is 0. The standard InChI is InChI=1S/C64H121NO5/c1-7-11-15-19-23-26-34-42-51-61(67-58-47-39-31-20-16-12-8-2)52-43-35-27-24-28-36-44-53-62(70-63(66)55-50-57-65(5)6)54-45-37-29-25-30-38-46-56-64(68-59-48-40-32-21-17-13-9-3)69-60-49-41-33-22-18-14-10-4/h26,34,39-41,47-49,61-62,64H,7-25,27-33,35-38,42-46,50-60H2,1-6H3/b34-26-,47-39-,48-40-,49-41-. The minimum Gasteiger partial charge on any atom is -0.462 e. The van der Waals surface area contributed by atoms with E-state index in [0.717, 1.165) is 83.8 Å². The zero-order chi connectivity index (χ0) is 50.9. The maximum atomic E-state index is 12.8. The molecule has 6 heteroatoms. The number of unbranched alkanes of at least 4 members (excludes halogenated alkanes) is 28. The van der Waals surface area contributed by atoms with Gasteiger partial charge in [-0.25, -0.2) is 0 Å². The van der Waals surface area contributed by atoms with Gasteiger partial charge in [-0.3, -0.25) is 4.79 Å². The van der Waals surface area contributed by atoms with E-state index in [9.17, 15) is 4.79 Å². The van der Waals surface area contributed by atoms with E-state index in [4.69, 9.17) is 18.9 Å². The van der Waals surface area contributed by atoms with E-state index in [0.29, 0.717) is 25.7 Å². The SMILES string of the molecule is CCCCCC/C=C\CCC(CCCCCCCCCC(CCCCCCCCCC(OC/C=C\CCCCCC)OC/C=C\CCCCCC)OC(=O)CCCN(C)C)OC/C=C\CCCCCC. The van der Waals surface area contributed by atoms with E-state index < -0.39 is 0 Å². The first-order valence-electron chi connectivity index (χ1n) is 30.8. The number of hydrogen-bond donors (Lipinski definition) is 0. The van der Waals surface area contributed by atoms with Gasteiger partial charge in [-0.1, -0.05) is 224 Å². The molecule has 0 aliphatic carbocycles. The fourth-order valence-electron chi connectivity index (χ4n) is 9.12. The molecule has 0 heterocycles. The van der Waals surface area contributed by atoms with Crippen LogP contribution < -0.4 is 0 Å². The van der Waals surface area contributed by atoms with Crippen LogP contribution in [0.15, 0.2) is 48.6 Å².